The Bertz CT molecular complexity index is 1280. The molecule has 0 bridgehead atoms. The van der Waals surface area contributed by atoms with Crippen LogP contribution in [0.15, 0.2) is 47.4 Å². The summed E-state index contributed by atoms with van der Waals surface area (Å²) in [6, 6.07) is 7.99. The second-order valence-corrected chi connectivity index (χ2v) is 9.69. The van der Waals surface area contributed by atoms with Crippen LogP contribution >= 0.6 is 11.6 Å². The summed E-state index contributed by atoms with van der Waals surface area (Å²) in [6.07, 6.45) is 2.68. The van der Waals surface area contributed by atoms with Crippen molar-refractivity contribution in [3.63, 3.8) is 0 Å². The Balaban J connectivity index is 2.09. The largest absolute Gasteiger partial charge is 0.419 e. The number of benzene rings is 1. The van der Waals surface area contributed by atoms with Crippen molar-refractivity contribution >= 4 is 27.4 Å². The van der Waals surface area contributed by atoms with Crippen LogP contribution in [0.5, 0.6) is 11.8 Å². The summed E-state index contributed by atoms with van der Waals surface area (Å²) in [4.78, 5) is 20.1. The zero-order valence-electron chi connectivity index (χ0n) is 17.7. The third kappa shape index (κ3) is 5.43. The van der Waals surface area contributed by atoms with E-state index in [2.05, 4.69) is 14.7 Å². The fourth-order valence-electron chi connectivity index (χ4n) is 2.90. The van der Waals surface area contributed by atoms with E-state index in [-0.39, 0.29) is 33.9 Å². The molecular weight excluding hydrogens is 459 g/mol. The van der Waals surface area contributed by atoms with Crippen molar-refractivity contribution in [1.29, 1.82) is 0 Å². The molecule has 0 saturated heterocycles. The van der Waals surface area contributed by atoms with Gasteiger partial charge in [-0.15, -0.1) is 0 Å². The highest BCUT2D eigenvalue weighted by atomic mass is 35.5. The van der Waals surface area contributed by atoms with Crippen LogP contribution < -0.4 is 15.0 Å². The number of anilines is 1. The topological polar surface area (TPSA) is 103 Å². The molecule has 32 heavy (non-hydrogen) atoms. The van der Waals surface area contributed by atoms with Gasteiger partial charge in [-0.25, -0.2) is 12.8 Å². The second-order valence-electron chi connectivity index (χ2n) is 7.19. The van der Waals surface area contributed by atoms with Gasteiger partial charge in [-0.3, -0.25) is 9.52 Å². The van der Waals surface area contributed by atoms with Gasteiger partial charge in [0, 0.05) is 30.9 Å². The zero-order valence-corrected chi connectivity index (χ0v) is 19.2. The van der Waals surface area contributed by atoms with Crippen molar-refractivity contribution in [3.8, 4) is 23.0 Å². The fourth-order valence-corrected chi connectivity index (χ4v) is 4.24. The van der Waals surface area contributed by atoms with E-state index in [0.717, 1.165) is 6.07 Å². The molecule has 0 aliphatic heterocycles. The van der Waals surface area contributed by atoms with Gasteiger partial charge >= 0.3 is 6.01 Å². The molecule has 2 aromatic heterocycles. The van der Waals surface area contributed by atoms with Crippen molar-refractivity contribution < 1.29 is 17.5 Å². The molecule has 1 atom stereocenters. The monoisotopic (exact) mass is 480 g/mol. The highest BCUT2D eigenvalue weighted by molar-refractivity contribution is 7.93. The van der Waals surface area contributed by atoms with E-state index in [1.54, 1.807) is 14.0 Å². The van der Waals surface area contributed by atoms with Gasteiger partial charge in [-0.2, -0.15) is 9.97 Å². The first-order valence-corrected chi connectivity index (χ1v) is 11.7. The van der Waals surface area contributed by atoms with E-state index in [1.807, 2.05) is 6.92 Å². The number of hydrogen-bond donors (Lipinski definition) is 1. The molecule has 3 aromatic rings. The van der Waals surface area contributed by atoms with Gasteiger partial charge in [0.05, 0.1) is 16.0 Å². The Morgan fingerprint density at radius 1 is 1.25 bits per heavy atom. The van der Waals surface area contributed by atoms with Crippen molar-refractivity contribution in [1.82, 2.24) is 14.5 Å². The number of pyridine rings is 1. The minimum absolute atomic E-state index is 0.000176. The molecule has 170 valence electrons. The van der Waals surface area contributed by atoms with E-state index in [4.69, 9.17) is 16.3 Å². The summed E-state index contributed by atoms with van der Waals surface area (Å²) in [7, 11) is -2.18. The number of nitrogens with one attached hydrogen (secondary N) is 1. The molecule has 11 heteroatoms. The molecule has 0 aliphatic rings. The van der Waals surface area contributed by atoms with Crippen LogP contribution in [0.2, 0.25) is 5.02 Å². The first-order chi connectivity index (χ1) is 15.1. The van der Waals surface area contributed by atoms with E-state index < -0.39 is 21.1 Å². The van der Waals surface area contributed by atoms with Crippen molar-refractivity contribution in [2.45, 2.75) is 31.9 Å². The third-order valence-corrected chi connectivity index (χ3v) is 6.76. The highest BCUT2D eigenvalue weighted by Gasteiger charge is 2.22. The first kappa shape index (κ1) is 23.7. The molecule has 2 heterocycles. The number of hydrogen-bond acceptors (Lipinski definition) is 6. The SMILES string of the molecule is CCC[C@H](C)S(=O)(=O)Nc1cc(-c2ccc(=O)n(C)c2)nc(Oc2c(F)cccc2Cl)n1. The predicted molar refractivity (Wildman–Crippen MR) is 121 cm³/mol. The van der Waals surface area contributed by atoms with Crippen LogP contribution in [-0.4, -0.2) is 28.2 Å². The van der Waals surface area contributed by atoms with E-state index in [1.165, 1.54) is 41.1 Å². The molecule has 8 nitrogen and oxygen atoms in total. The smallest absolute Gasteiger partial charge is 0.324 e. The minimum atomic E-state index is -3.75. The van der Waals surface area contributed by atoms with Gasteiger partial charge in [-0.1, -0.05) is 31.0 Å². The number of nitrogens with zero attached hydrogens (tertiary/aromatic N) is 3. The Morgan fingerprint density at radius 3 is 2.66 bits per heavy atom. The summed E-state index contributed by atoms with van der Waals surface area (Å²) in [5.74, 6) is -1.08. The van der Waals surface area contributed by atoms with Gasteiger partial charge in [-0.05, 0) is 31.5 Å². The maximum atomic E-state index is 14.2. The van der Waals surface area contributed by atoms with Gasteiger partial charge < -0.3 is 9.30 Å². The van der Waals surface area contributed by atoms with Crippen LogP contribution in [0.1, 0.15) is 26.7 Å². The molecule has 0 unspecified atom stereocenters. The molecule has 0 radical (unpaired) electrons. The molecule has 0 aliphatic carbocycles. The molecule has 0 spiro atoms. The zero-order chi connectivity index (χ0) is 23.5. The quantitative estimate of drug-likeness (QED) is 0.514. The van der Waals surface area contributed by atoms with Crippen molar-refractivity contribution in [2.75, 3.05) is 4.72 Å². The average Bonchev–Trinajstić information content (AvgIpc) is 2.72. The number of aromatic nitrogens is 3. The van der Waals surface area contributed by atoms with Crippen LogP contribution in [0.25, 0.3) is 11.3 Å². The molecule has 0 amide bonds. The summed E-state index contributed by atoms with van der Waals surface area (Å²) < 4.78 is 48.8. The van der Waals surface area contributed by atoms with E-state index >= 15 is 0 Å². The fraction of sp³-hybridized carbons (Fsp3) is 0.286. The number of aryl methyl sites for hydroxylation is 1. The summed E-state index contributed by atoms with van der Waals surface area (Å²) in [6.45, 7) is 3.48. The van der Waals surface area contributed by atoms with Crippen LogP contribution in [0, 0.1) is 5.82 Å². The van der Waals surface area contributed by atoms with Gasteiger partial charge in [0.15, 0.2) is 11.6 Å². The highest BCUT2D eigenvalue weighted by Crippen LogP contribution is 2.32. The molecule has 1 aromatic carbocycles. The standard InChI is InChI=1S/C21H22ClFN4O4S/c1-4-6-13(2)32(29,30)26-18-11-17(14-9-10-19(28)27(3)12-14)24-21(25-18)31-20-15(22)7-5-8-16(20)23/h5,7-13H,4,6H2,1-3H3,(H,24,25,26)/t13-/m0/s1. The van der Waals surface area contributed by atoms with Gasteiger partial charge in [0.1, 0.15) is 5.82 Å². The lowest BCUT2D eigenvalue weighted by molar-refractivity contribution is 0.412. The van der Waals surface area contributed by atoms with E-state index in [9.17, 15) is 17.6 Å². The Labute approximate surface area is 190 Å². The maximum Gasteiger partial charge on any atom is 0.324 e. The summed E-state index contributed by atoms with van der Waals surface area (Å²) >= 11 is 6.03. The second kappa shape index (κ2) is 9.66. The summed E-state index contributed by atoms with van der Waals surface area (Å²) in [5, 5.41) is -0.659. The van der Waals surface area contributed by atoms with Crippen LogP contribution in [-0.2, 0) is 17.1 Å². The summed E-state index contributed by atoms with van der Waals surface area (Å²) in [5.41, 5.74) is 0.534. The molecule has 0 fully saturated rings. The lowest BCUT2D eigenvalue weighted by Gasteiger charge is -2.15. The normalized spacial score (nSPS) is 12.4. The number of halogens is 2. The van der Waals surface area contributed by atoms with Crippen molar-refractivity contribution in [2.24, 2.45) is 7.05 Å². The van der Waals surface area contributed by atoms with Crippen LogP contribution in [0.3, 0.4) is 0 Å². The lowest BCUT2D eigenvalue weighted by atomic mass is 10.2. The lowest BCUT2D eigenvalue weighted by Crippen LogP contribution is -2.25. The van der Waals surface area contributed by atoms with Crippen molar-refractivity contribution in [3.05, 3.63) is 63.8 Å². The third-order valence-electron chi connectivity index (χ3n) is 4.67. The first-order valence-electron chi connectivity index (χ1n) is 9.80. The van der Waals surface area contributed by atoms with Gasteiger partial charge in [0.25, 0.3) is 0 Å². The molecule has 0 saturated carbocycles. The Kier molecular flexibility index (Phi) is 7.15. The number of para-hydroxylation sites is 1. The maximum absolute atomic E-state index is 14.2. The average molecular weight is 481 g/mol. The Morgan fingerprint density at radius 2 is 2.00 bits per heavy atom. The Hall–Kier alpha value is -2.98. The minimum Gasteiger partial charge on any atom is -0.419 e. The van der Waals surface area contributed by atoms with Crippen LogP contribution in [0.4, 0.5) is 10.2 Å². The van der Waals surface area contributed by atoms with E-state index in [0.29, 0.717) is 18.4 Å². The predicted octanol–water partition coefficient (Wildman–Crippen LogP) is 4.36. The molecule has 1 N–H and O–H groups in total. The number of sulfonamides is 1. The number of rotatable bonds is 8. The van der Waals surface area contributed by atoms with Gasteiger partial charge in [0.2, 0.25) is 15.6 Å². The number of ether oxygens (including phenoxy) is 1. The molecule has 3 rings (SSSR count). The molecular formula is C21H22ClFN4O4S.